The zero-order valence-electron chi connectivity index (χ0n) is 12.4. The molecule has 1 aromatic carbocycles. The van der Waals surface area contributed by atoms with E-state index in [9.17, 15) is 4.79 Å². The molecule has 1 N–H and O–H groups in total. The summed E-state index contributed by atoms with van der Waals surface area (Å²) in [6.07, 6.45) is 7.30. The number of hydrogen-bond acceptors (Lipinski definition) is 3. The predicted octanol–water partition coefficient (Wildman–Crippen LogP) is 2.84. The second kappa shape index (κ2) is 6.83. The van der Waals surface area contributed by atoms with Crippen LogP contribution < -0.4 is 14.8 Å². The molecule has 1 aliphatic carbocycles. The zero-order chi connectivity index (χ0) is 14.5. The van der Waals surface area contributed by atoms with Gasteiger partial charge in [0.25, 0.3) is 0 Å². The Balaban J connectivity index is 1.59. The third-order valence-corrected chi connectivity index (χ3v) is 4.15. The van der Waals surface area contributed by atoms with Crippen molar-refractivity contribution in [1.29, 1.82) is 0 Å². The predicted molar refractivity (Wildman–Crippen MR) is 80.8 cm³/mol. The number of hydrogen-bond donors (Lipinski definition) is 1. The summed E-state index contributed by atoms with van der Waals surface area (Å²) in [7, 11) is 0. The van der Waals surface area contributed by atoms with Crippen molar-refractivity contribution in [2.24, 2.45) is 0 Å². The van der Waals surface area contributed by atoms with Gasteiger partial charge in [0.2, 0.25) is 5.91 Å². The lowest BCUT2D eigenvalue weighted by Gasteiger charge is -2.22. The highest BCUT2D eigenvalue weighted by Crippen LogP contribution is 2.30. The van der Waals surface area contributed by atoms with Crippen molar-refractivity contribution in [3.05, 3.63) is 23.8 Å². The lowest BCUT2D eigenvalue weighted by atomic mass is 9.95. The van der Waals surface area contributed by atoms with Crippen LogP contribution in [0.15, 0.2) is 18.2 Å². The standard InChI is InChI=1S/C17H23NO3/c19-17(18-14-5-2-1-3-6-14)12-13-7-8-15-16(11-13)21-10-4-9-20-15/h7-8,11,14H,1-6,9-10,12H2,(H,18,19). The van der Waals surface area contributed by atoms with Gasteiger partial charge in [0.05, 0.1) is 19.6 Å². The Morgan fingerprint density at radius 2 is 1.81 bits per heavy atom. The summed E-state index contributed by atoms with van der Waals surface area (Å²) in [5.74, 6) is 1.65. The van der Waals surface area contributed by atoms with Gasteiger partial charge < -0.3 is 14.8 Å². The van der Waals surface area contributed by atoms with Crippen molar-refractivity contribution in [2.75, 3.05) is 13.2 Å². The number of amides is 1. The maximum atomic E-state index is 12.1. The van der Waals surface area contributed by atoms with Crippen molar-refractivity contribution in [3.63, 3.8) is 0 Å². The Hall–Kier alpha value is -1.71. The minimum Gasteiger partial charge on any atom is -0.490 e. The van der Waals surface area contributed by atoms with Gasteiger partial charge in [0.15, 0.2) is 11.5 Å². The molecule has 2 aliphatic rings. The van der Waals surface area contributed by atoms with Crippen LogP contribution in [0.25, 0.3) is 0 Å². The molecule has 1 aliphatic heterocycles. The van der Waals surface area contributed by atoms with Crippen LogP contribution in [0, 0.1) is 0 Å². The summed E-state index contributed by atoms with van der Waals surface area (Å²) < 4.78 is 11.3. The minimum atomic E-state index is 0.108. The number of carbonyl (C=O) groups excluding carboxylic acids is 1. The molecule has 1 aromatic rings. The minimum absolute atomic E-state index is 0.108. The SMILES string of the molecule is O=C(Cc1ccc2c(c1)OCCCO2)NC1CCCCC1. The van der Waals surface area contributed by atoms with E-state index < -0.39 is 0 Å². The number of carbonyl (C=O) groups is 1. The van der Waals surface area contributed by atoms with E-state index in [1.165, 1.54) is 19.3 Å². The summed E-state index contributed by atoms with van der Waals surface area (Å²) >= 11 is 0. The molecule has 0 saturated heterocycles. The van der Waals surface area contributed by atoms with Gasteiger partial charge in [-0.1, -0.05) is 25.3 Å². The molecule has 1 saturated carbocycles. The highest BCUT2D eigenvalue weighted by molar-refractivity contribution is 5.79. The lowest BCUT2D eigenvalue weighted by Crippen LogP contribution is -2.37. The Labute approximate surface area is 125 Å². The summed E-state index contributed by atoms with van der Waals surface area (Å²) in [4.78, 5) is 12.1. The first-order valence-electron chi connectivity index (χ1n) is 7.99. The monoisotopic (exact) mass is 289 g/mol. The summed E-state index contributed by atoms with van der Waals surface area (Å²) in [5.41, 5.74) is 0.979. The fraction of sp³-hybridized carbons (Fsp3) is 0.588. The fourth-order valence-electron chi connectivity index (χ4n) is 3.03. The van der Waals surface area contributed by atoms with Crippen molar-refractivity contribution in [1.82, 2.24) is 5.32 Å². The molecular formula is C17H23NO3. The molecule has 0 radical (unpaired) electrons. The number of ether oxygens (including phenoxy) is 2. The molecule has 1 fully saturated rings. The van der Waals surface area contributed by atoms with Crippen molar-refractivity contribution in [2.45, 2.75) is 51.0 Å². The van der Waals surface area contributed by atoms with Gasteiger partial charge >= 0.3 is 0 Å². The third-order valence-electron chi connectivity index (χ3n) is 4.15. The molecule has 0 unspecified atom stereocenters. The molecule has 1 amide bonds. The maximum absolute atomic E-state index is 12.1. The molecule has 4 heteroatoms. The molecular weight excluding hydrogens is 266 g/mol. The molecule has 0 atom stereocenters. The molecule has 0 spiro atoms. The Morgan fingerprint density at radius 1 is 1.05 bits per heavy atom. The van der Waals surface area contributed by atoms with Crippen LogP contribution >= 0.6 is 0 Å². The molecule has 0 bridgehead atoms. The Morgan fingerprint density at radius 3 is 2.62 bits per heavy atom. The van der Waals surface area contributed by atoms with Crippen molar-refractivity contribution < 1.29 is 14.3 Å². The smallest absolute Gasteiger partial charge is 0.224 e. The summed E-state index contributed by atoms with van der Waals surface area (Å²) in [6, 6.07) is 6.16. The first-order chi connectivity index (χ1) is 10.3. The van der Waals surface area contributed by atoms with Crippen molar-refractivity contribution in [3.8, 4) is 11.5 Å². The van der Waals surface area contributed by atoms with Crippen LogP contribution in [-0.2, 0) is 11.2 Å². The second-order valence-electron chi connectivity index (χ2n) is 5.91. The highest BCUT2D eigenvalue weighted by atomic mass is 16.5. The molecule has 1 heterocycles. The zero-order valence-corrected chi connectivity index (χ0v) is 12.4. The number of rotatable bonds is 3. The van der Waals surface area contributed by atoms with Crippen LogP contribution in [0.2, 0.25) is 0 Å². The lowest BCUT2D eigenvalue weighted by molar-refractivity contribution is -0.121. The number of nitrogens with one attached hydrogen (secondary N) is 1. The van der Waals surface area contributed by atoms with E-state index in [0.29, 0.717) is 25.7 Å². The maximum Gasteiger partial charge on any atom is 0.224 e. The average Bonchev–Trinajstić information content (AvgIpc) is 2.73. The number of benzene rings is 1. The van der Waals surface area contributed by atoms with Crippen LogP contribution in [0.5, 0.6) is 11.5 Å². The highest BCUT2D eigenvalue weighted by Gasteiger charge is 2.17. The van der Waals surface area contributed by atoms with Crippen LogP contribution in [0.3, 0.4) is 0 Å². The van der Waals surface area contributed by atoms with Crippen LogP contribution in [0.1, 0.15) is 44.1 Å². The van der Waals surface area contributed by atoms with E-state index in [1.807, 2.05) is 18.2 Å². The second-order valence-corrected chi connectivity index (χ2v) is 5.91. The molecule has 21 heavy (non-hydrogen) atoms. The normalized spacial score (nSPS) is 18.9. The largest absolute Gasteiger partial charge is 0.490 e. The van der Waals surface area contributed by atoms with Gasteiger partial charge in [-0.05, 0) is 30.5 Å². The van der Waals surface area contributed by atoms with Crippen molar-refractivity contribution >= 4 is 5.91 Å². The molecule has 0 aromatic heterocycles. The van der Waals surface area contributed by atoms with E-state index in [0.717, 1.165) is 36.3 Å². The first kappa shape index (κ1) is 14.2. The fourth-order valence-corrected chi connectivity index (χ4v) is 3.03. The molecule has 114 valence electrons. The van der Waals surface area contributed by atoms with E-state index in [-0.39, 0.29) is 5.91 Å². The average molecular weight is 289 g/mol. The van der Waals surface area contributed by atoms with E-state index in [2.05, 4.69) is 5.32 Å². The van der Waals surface area contributed by atoms with Gasteiger partial charge in [0, 0.05) is 12.5 Å². The topological polar surface area (TPSA) is 47.6 Å². The van der Waals surface area contributed by atoms with Gasteiger partial charge in [-0.3, -0.25) is 4.79 Å². The van der Waals surface area contributed by atoms with E-state index in [4.69, 9.17) is 9.47 Å². The van der Waals surface area contributed by atoms with Gasteiger partial charge in [-0.15, -0.1) is 0 Å². The van der Waals surface area contributed by atoms with E-state index in [1.54, 1.807) is 0 Å². The van der Waals surface area contributed by atoms with Crippen LogP contribution in [-0.4, -0.2) is 25.2 Å². The van der Waals surface area contributed by atoms with Gasteiger partial charge in [0.1, 0.15) is 0 Å². The van der Waals surface area contributed by atoms with E-state index >= 15 is 0 Å². The molecule has 3 rings (SSSR count). The van der Waals surface area contributed by atoms with Gasteiger partial charge in [-0.2, -0.15) is 0 Å². The Kier molecular flexibility index (Phi) is 4.63. The summed E-state index contributed by atoms with van der Waals surface area (Å²) in [5, 5.41) is 3.15. The summed E-state index contributed by atoms with van der Waals surface area (Å²) in [6.45, 7) is 1.36. The molecule has 4 nitrogen and oxygen atoms in total. The van der Waals surface area contributed by atoms with Gasteiger partial charge in [-0.25, -0.2) is 0 Å². The first-order valence-corrected chi connectivity index (χ1v) is 7.99. The Bertz CT molecular complexity index is 495. The quantitative estimate of drug-likeness (QED) is 0.930. The van der Waals surface area contributed by atoms with Crippen LogP contribution in [0.4, 0.5) is 0 Å². The number of fused-ring (bicyclic) bond motifs is 1. The third kappa shape index (κ3) is 3.90.